The summed E-state index contributed by atoms with van der Waals surface area (Å²) in [7, 11) is -3.91. The lowest BCUT2D eigenvalue weighted by atomic mass is 10.0. The van der Waals surface area contributed by atoms with Crippen LogP contribution < -0.4 is 4.31 Å². The van der Waals surface area contributed by atoms with Crippen molar-refractivity contribution >= 4 is 21.7 Å². The predicted molar refractivity (Wildman–Crippen MR) is 103 cm³/mol. The molecule has 2 aromatic carbocycles. The highest BCUT2D eigenvalue weighted by Gasteiger charge is 2.29. The van der Waals surface area contributed by atoms with Gasteiger partial charge in [-0.1, -0.05) is 50.2 Å². The smallest absolute Gasteiger partial charge is 0.327 e. The first-order chi connectivity index (χ1) is 12.2. The van der Waals surface area contributed by atoms with Crippen LogP contribution in [0.25, 0.3) is 0 Å². The standard InChI is InChI=1S/C20H25NO4S/c1-15(2)18-12-8-9-13-19(18)21(14-20(22)25-16(3)4)26(23,24)17-10-6-5-7-11-17/h5-13,15-16H,14H2,1-4H3. The third kappa shape index (κ3) is 4.64. The van der Waals surface area contributed by atoms with Crippen molar-refractivity contribution in [2.75, 3.05) is 10.8 Å². The Morgan fingerprint density at radius 2 is 1.54 bits per heavy atom. The molecule has 0 saturated carbocycles. The van der Waals surface area contributed by atoms with Gasteiger partial charge in [0.1, 0.15) is 6.54 Å². The van der Waals surface area contributed by atoms with Crippen LogP contribution in [0.4, 0.5) is 5.69 Å². The first-order valence-electron chi connectivity index (χ1n) is 8.59. The molecule has 6 heteroatoms. The number of para-hydroxylation sites is 1. The Balaban J connectivity index is 2.55. The molecule has 140 valence electrons. The lowest BCUT2D eigenvalue weighted by Crippen LogP contribution is -2.38. The van der Waals surface area contributed by atoms with E-state index in [2.05, 4.69) is 0 Å². The highest BCUT2D eigenvalue weighted by atomic mass is 32.2. The van der Waals surface area contributed by atoms with Crippen molar-refractivity contribution in [3.63, 3.8) is 0 Å². The van der Waals surface area contributed by atoms with Gasteiger partial charge in [-0.2, -0.15) is 0 Å². The minimum Gasteiger partial charge on any atom is -0.462 e. The number of hydrogen-bond donors (Lipinski definition) is 0. The zero-order valence-electron chi connectivity index (χ0n) is 15.5. The van der Waals surface area contributed by atoms with E-state index in [1.807, 2.05) is 26.0 Å². The molecule has 0 atom stereocenters. The minimum atomic E-state index is -3.91. The van der Waals surface area contributed by atoms with Gasteiger partial charge < -0.3 is 4.74 Å². The molecule has 2 rings (SSSR count). The number of anilines is 1. The maximum absolute atomic E-state index is 13.2. The summed E-state index contributed by atoms with van der Waals surface area (Å²) in [5.41, 5.74) is 1.34. The summed E-state index contributed by atoms with van der Waals surface area (Å²) in [5, 5.41) is 0. The van der Waals surface area contributed by atoms with E-state index in [4.69, 9.17) is 4.74 Å². The number of ether oxygens (including phenoxy) is 1. The van der Waals surface area contributed by atoms with Crippen LogP contribution in [0, 0.1) is 0 Å². The average Bonchev–Trinajstić information content (AvgIpc) is 2.59. The van der Waals surface area contributed by atoms with E-state index in [1.165, 1.54) is 12.1 Å². The van der Waals surface area contributed by atoms with Crippen molar-refractivity contribution in [2.45, 2.75) is 44.6 Å². The Kier molecular flexibility index (Phi) is 6.42. The van der Waals surface area contributed by atoms with Crippen molar-refractivity contribution in [3.8, 4) is 0 Å². The summed E-state index contributed by atoms with van der Waals surface area (Å²) in [5.74, 6) is -0.487. The van der Waals surface area contributed by atoms with Crippen LogP contribution in [0.5, 0.6) is 0 Å². The Bertz CT molecular complexity index is 845. The molecule has 0 spiro atoms. The molecule has 26 heavy (non-hydrogen) atoms. The molecule has 0 aliphatic heterocycles. The lowest BCUT2D eigenvalue weighted by molar-refractivity contribution is -0.145. The van der Waals surface area contributed by atoms with Gasteiger partial charge in [0.25, 0.3) is 10.0 Å². The highest BCUT2D eigenvalue weighted by Crippen LogP contribution is 2.31. The second-order valence-electron chi connectivity index (χ2n) is 6.58. The average molecular weight is 375 g/mol. The quantitative estimate of drug-likeness (QED) is 0.687. The molecule has 0 fully saturated rings. The fourth-order valence-electron chi connectivity index (χ4n) is 2.64. The maximum atomic E-state index is 13.2. The number of hydrogen-bond acceptors (Lipinski definition) is 4. The summed E-state index contributed by atoms with van der Waals surface area (Å²) in [6, 6.07) is 15.3. The van der Waals surface area contributed by atoms with Gasteiger partial charge in [0.2, 0.25) is 0 Å². The van der Waals surface area contributed by atoms with E-state index in [9.17, 15) is 13.2 Å². The molecule has 5 nitrogen and oxygen atoms in total. The normalized spacial score (nSPS) is 11.6. The van der Waals surface area contributed by atoms with Crippen LogP contribution >= 0.6 is 0 Å². The van der Waals surface area contributed by atoms with Gasteiger partial charge in [0.15, 0.2) is 0 Å². The molecule has 0 aliphatic rings. The molecular formula is C20H25NO4S. The Morgan fingerprint density at radius 3 is 2.12 bits per heavy atom. The molecule has 2 aromatic rings. The van der Waals surface area contributed by atoms with Crippen LogP contribution in [-0.4, -0.2) is 27.0 Å². The zero-order valence-corrected chi connectivity index (χ0v) is 16.4. The Morgan fingerprint density at radius 1 is 0.962 bits per heavy atom. The molecule has 0 aromatic heterocycles. The number of sulfonamides is 1. The molecular weight excluding hydrogens is 350 g/mol. The molecule has 0 amide bonds. The van der Waals surface area contributed by atoms with E-state index < -0.39 is 16.0 Å². The fraction of sp³-hybridized carbons (Fsp3) is 0.350. The van der Waals surface area contributed by atoms with Crippen LogP contribution in [0.2, 0.25) is 0 Å². The third-order valence-electron chi connectivity index (χ3n) is 3.80. The van der Waals surface area contributed by atoms with E-state index in [-0.39, 0.29) is 23.5 Å². The number of benzene rings is 2. The van der Waals surface area contributed by atoms with Gasteiger partial charge in [0.05, 0.1) is 16.7 Å². The maximum Gasteiger partial charge on any atom is 0.327 e. The summed E-state index contributed by atoms with van der Waals surface area (Å²) < 4.78 is 32.8. The number of nitrogens with zero attached hydrogens (tertiary/aromatic N) is 1. The molecule has 0 saturated heterocycles. The van der Waals surface area contributed by atoms with E-state index in [0.29, 0.717) is 5.69 Å². The summed E-state index contributed by atoms with van der Waals surface area (Å²) >= 11 is 0. The van der Waals surface area contributed by atoms with E-state index in [0.717, 1.165) is 9.87 Å². The zero-order chi connectivity index (χ0) is 19.3. The molecule has 0 N–H and O–H groups in total. The second kappa shape index (κ2) is 8.36. The highest BCUT2D eigenvalue weighted by molar-refractivity contribution is 7.92. The lowest BCUT2D eigenvalue weighted by Gasteiger charge is -2.27. The monoisotopic (exact) mass is 375 g/mol. The predicted octanol–water partition coefficient (Wildman–Crippen LogP) is 3.96. The van der Waals surface area contributed by atoms with Crippen molar-refractivity contribution < 1.29 is 17.9 Å². The van der Waals surface area contributed by atoms with Gasteiger partial charge in [0, 0.05) is 0 Å². The molecule has 0 unspecified atom stereocenters. The van der Waals surface area contributed by atoms with Gasteiger partial charge in [-0.25, -0.2) is 8.42 Å². The largest absolute Gasteiger partial charge is 0.462 e. The first kappa shape index (κ1) is 20.0. The van der Waals surface area contributed by atoms with Crippen molar-refractivity contribution in [3.05, 3.63) is 60.2 Å². The molecule has 0 radical (unpaired) electrons. The van der Waals surface area contributed by atoms with Crippen LogP contribution in [0.15, 0.2) is 59.5 Å². The van der Waals surface area contributed by atoms with Crippen LogP contribution in [0.1, 0.15) is 39.2 Å². The Labute approximate surface area is 155 Å². The number of carbonyl (C=O) groups excluding carboxylic acids is 1. The van der Waals surface area contributed by atoms with Crippen molar-refractivity contribution in [1.82, 2.24) is 0 Å². The third-order valence-corrected chi connectivity index (χ3v) is 5.57. The van der Waals surface area contributed by atoms with Crippen LogP contribution in [0.3, 0.4) is 0 Å². The van der Waals surface area contributed by atoms with Crippen molar-refractivity contribution in [2.24, 2.45) is 0 Å². The SMILES string of the molecule is CC(C)OC(=O)CN(c1ccccc1C(C)C)S(=O)(=O)c1ccccc1. The van der Waals surface area contributed by atoms with Gasteiger partial charge in [-0.05, 0) is 43.5 Å². The fourth-order valence-corrected chi connectivity index (χ4v) is 4.10. The number of rotatable bonds is 7. The van der Waals surface area contributed by atoms with E-state index in [1.54, 1.807) is 44.2 Å². The van der Waals surface area contributed by atoms with Gasteiger partial charge in [-0.3, -0.25) is 9.10 Å². The van der Waals surface area contributed by atoms with Crippen molar-refractivity contribution in [1.29, 1.82) is 0 Å². The summed E-state index contributed by atoms with van der Waals surface area (Å²) in [6.45, 7) is 7.06. The van der Waals surface area contributed by atoms with E-state index >= 15 is 0 Å². The molecule has 0 heterocycles. The topological polar surface area (TPSA) is 63.7 Å². The molecule has 0 bridgehead atoms. The minimum absolute atomic E-state index is 0.0980. The summed E-state index contributed by atoms with van der Waals surface area (Å²) in [6.07, 6.45) is -0.316. The first-order valence-corrected chi connectivity index (χ1v) is 10.0. The number of esters is 1. The van der Waals surface area contributed by atoms with Crippen LogP contribution in [-0.2, 0) is 19.6 Å². The molecule has 0 aliphatic carbocycles. The second-order valence-corrected chi connectivity index (χ2v) is 8.44. The number of carbonyl (C=O) groups is 1. The van der Waals surface area contributed by atoms with Gasteiger partial charge in [-0.15, -0.1) is 0 Å². The summed E-state index contributed by atoms with van der Waals surface area (Å²) in [4.78, 5) is 12.4. The Hall–Kier alpha value is -2.34. The van der Waals surface area contributed by atoms with Gasteiger partial charge >= 0.3 is 5.97 Å².